The molecule has 1 aliphatic heterocycles. The molecule has 2 rings (SSSR count). The molecule has 1 heterocycles. The third kappa shape index (κ3) is 4.29. The van der Waals surface area contributed by atoms with Crippen molar-refractivity contribution in [1.29, 1.82) is 0 Å². The number of aliphatic carboxylic acids is 1. The zero-order valence-electron chi connectivity index (χ0n) is 13.8. The second-order valence-corrected chi connectivity index (χ2v) is 7.39. The Balaban J connectivity index is 1.94. The number of thioether (sulfide) groups is 1. The highest BCUT2D eigenvalue weighted by molar-refractivity contribution is 7.99. The average molecular weight is 350 g/mol. The Hall–Kier alpha value is -2.02. The molecule has 1 fully saturated rings. The fourth-order valence-electron chi connectivity index (χ4n) is 2.33. The van der Waals surface area contributed by atoms with Gasteiger partial charge >= 0.3 is 5.97 Å². The Labute approximate surface area is 145 Å². The van der Waals surface area contributed by atoms with Gasteiger partial charge in [0.25, 0.3) is 5.91 Å². The minimum absolute atomic E-state index is 0.161. The molecule has 24 heavy (non-hydrogen) atoms. The van der Waals surface area contributed by atoms with E-state index in [1.54, 1.807) is 43.0 Å². The summed E-state index contributed by atoms with van der Waals surface area (Å²) < 4.78 is 0. The Bertz CT molecular complexity index is 618. The number of rotatable bonds is 6. The number of carbonyl (C=O) groups is 3. The summed E-state index contributed by atoms with van der Waals surface area (Å²) >= 11 is 1.54. The van der Waals surface area contributed by atoms with Crippen LogP contribution >= 0.6 is 11.8 Å². The second-order valence-electron chi connectivity index (χ2n) is 6.39. The van der Waals surface area contributed by atoms with Gasteiger partial charge in [-0.1, -0.05) is 18.2 Å². The van der Waals surface area contributed by atoms with E-state index in [1.807, 2.05) is 6.07 Å². The topological polar surface area (TPSA) is 86.7 Å². The summed E-state index contributed by atoms with van der Waals surface area (Å²) in [4.78, 5) is 37.6. The van der Waals surface area contributed by atoms with Gasteiger partial charge in [0.1, 0.15) is 6.04 Å². The molecule has 0 saturated carbocycles. The smallest absolute Gasteiger partial charge is 0.309 e. The zero-order valence-corrected chi connectivity index (χ0v) is 14.6. The molecule has 6 nitrogen and oxygen atoms in total. The van der Waals surface area contributed by atoms with Gasteiger partial charge < -0.3 is 15.3 Å². The number of carboxylic acids is 1. The van der Waals surface area contributed by atoms with Gasteiger partial charge in [-0.05, 0) is 32.4 Å². The second kappa shape index (κ2) is 7.70. The van der Waals surface area contributed by atoms with Crippen LogP contribution in [-0.2, 0) is 9.59 Å². The zero-order chi connectivity index (χ0) is 17.7. The van der Waals surface area contributed by atoms with Crippen LogP contribution in [0.2, 0.25) is 0 Å². The van der Waals surface area contributed by atoms with Gasteiger partial charge in [0.2, 0.25) is 5.91 Å². The SMILES string of the molecule is CC(C)(CCNC(=O)C1CSCN1C(=O)c1ccccc1)C(=O)O. The molecule has 0 radical (unpaired) electrons. The van der Waals surface area contributed by atoms with Crippen LogP contribution in [0.25, 0.3) is 0 Å². The maximum atomic E-state index is 12.5. The Morgan fingerprint density at radius 3 is 2.58 bits per heavy atom. The third-order valence-corrected chi connectivity index (χ3v) is 5.11. The predicted molar refractivity (Wildman–Crippen MR) is 92.8 cm³/mol. The van der Waals surface area contributed by atoms with Crippen molar-refractivity contribution >= 4 is 29.5 Å². The molecule has 2 N–H and O–H groups in total. The van der Waals surface area contributed by atoms with Crippen molar-refractivity contribution < 1.29 is 19.5 Å². The first-order valence-corrected chi connectivity index (χ1v) is 8.93. The van der Waals surface area contributed by atoms with Crippen LogP contribution < -0.4 is 5.32 Å². The lowest BCUT2D eigenvalue weighted by atomic mass is 9.90. The number of carbonyl (C=O) groups excluding carboxylic acids is 2. The summed E-state index contributed by atoms with van der Waals surface area (Å²) in [6, 6.07) is 8.37. The number of amides is 2. The molecule has 0 spiro atoms. The number of hydrogen-bond acceptors (Lipinski definition) is 4. The van der Waals surface area contributed by atoms with Gasteiger partial charge in [0.15, 0.2) is 0 Å². The molecule has 1 aromatic rings. The van der Waals surface area contributed by atoms with Gasteiger partial charge in [-0.3, -0.25) is 14.4 Å². The van der Waals surface area contributed by atoms with Crippen LogP contribution in [0.4, 0.5) is 0 Å². The van der Waals surface area contributed by atoms with E-state index in [-0.39, 0.29) is 18.4 Å². The fourth-order valence-corrected chi connectivity index (χ4v) is 3.48. The van der Waals surface area contributed by atoms with Crippen molar-refractivity contribution in [3.05, 3.63) is 35.9 Å². The van der Waals surface area contributed by atoms with E-state index < -0.39 is 17.4 Å². The summed E-state index contributed by atoms with van der Waals surface area (Å²) in [5.41, 5.74) is -0.332. The highest BCUT2D eigenvalue weighted by Gasteiger charge is 2.35. The van der Waals surface area contributed by atoms with Crippen LogP contribution in [0.15, 0.2) is 30.3 Å². The van der Waals surface area contributed by atoms with Crippen molar-refractivity contribution in [2.24, 2.45) is 5.41 Å². The van der Waals surface area contributed by atoms with E-state index in [1.165, 1.54) is 11.8 Å². The maximum Gasteiger partial charge on any atom is 0.309 e. The molecule has 2 amide bonds. The first-order chi connectivity index (χ1) is 11.3. The van der Waals surface area contributed by atoms with Crippen LogP contribution in [0.5, 0.6) is 0 Å². The lowest BCUT2D eigenvalue weighted by molar-refractivity contribution is -0.147. The minimum atomic E-state index is -0.894. The molecule has 0 bridgehead atoms. The van der Waals surface area contributed by atoms with Crippen molar-refractivity contribution in [1.82, 2.24) is 10.2 Å². The van der Waals surface area contributed by atoms with Crippen LogP contribution in [0.3, 0.4) is 0 Å². The summed E-state index contributed by atoms with van der Waals surface area (Å²) in [6.45, 7) is 3.52. The van der Waals surface area contributed by atoms with Gasteiger partial charge in [-0.2, -0.15) is 0 Å². The highest BCUT2D eigenvalue weighted by Crippen LogP contribution is 2.24. The first kappa shape index (κ1) is 18.3. The number of nitrogens with one attached hydrogen (secondary N) is 1. The lowest BCUT2D eigenvalue weighted by Crippen LogP contribution is -2.48. The lowest BCUT2D eigenvalue weighted by Gasteiger charge is -2.24. The third-order valence-electron chi connectivity index (χ3n) is 4.09. The average Bonchev–Trinajstić information content (AvgIpc) is 3.04. The summed E-state index contributed by atoms with van der Waals surface area (Å²) in [5.74, 6) is -0.259. The van der Waals surface area contributed by atoms with E-state index in [4.69, 9.17) is 5.11 Å². The van der Waals surface area contributed by atoms with Crippen LogP contribution in [-0.4, -0.2) is 52.0 Å². The molecule has 0 aliphatic carbocycles. The number of hydrogen-bond donors (Lipinski definition) is 2. The first-order valence-electron chi connectivity index (χ1n) is 7.78. The van der Waals surface area contributed by atoms with E-state index in [0.717, 1.165) is 0 Å². The molecular weight excluding hydrogens is 328 g/mol. The molecular formula is C17H22N2O4S. The minimum Gasteiger partial charge on any atom is -0.481 e. The normalized spacial score (nSPS) is 17.6. The number of nitrogens with zero attached hydrogens (tertiary/aromatic N) is 1. The van der Waals surface area contributed by atoms with Crippen molar-refractivity contribution in [3.8, 4) is 0 Å². The molecule has 1 aromatic carbocycles. The Kier molecular flexibility index (Phi) is 5.88. The quantitative estimate of drug-likeness (QED) is 0.817. The molecule has 1 atom stereocenters. The van der Waals surface area contributed by atoms with Crippen LogP contribution in [0.1, 0.15) is 30.6 Å². The van der Waals surface area contributed by atoms with E-state index >= 15 is 0 Å². The summed E-state index contributed by atoms with van der Waals surface area (Å²) in [7, 11) is 0. The Morgan fingerprint density at radius 2 is 1.96 bits per heavy atom. The van der Waals surface area contributed by atoms with E-state index in [9.17, 15) is 14.4 Å². The Morgan fingerprint density at radius 1 is 1.29 bits per heavy atom. The van der Waals surface area contributed by atoms with Crippen LogP contribution in [0, 0.1) is 5.41 Å². The van der Waals surface area contributed by atoms with Gasteiger partial charge in [-0.25, -0.2) is 0 Å². The molecule has 130 valence electrons. The van der Waals surface area contributed by atoms with E-state index in [2.05, 4.69) is 5.32 Å². The van der Waals surface area contributed by atoms with Gasteiger partial charge in [-0.15, -0.1) is 11.8 Å². The standard InChI is InChI=1S/C17H22N2O4S/c1-17(2,16(22)23)8-9-18-14(20)13-10-24-11-19(13)15(21)12-6-4-3-5-7-12/h3-7,13H,8-11H2,1-2H3,(H,18,20)(H,22,23). The van der Waals surface area contributed by atoms with Gasteiger partial charge in [0, 0.05) is 17.9 Å². The summed E-state index contributed by atoms with van der Waals surface area (Å²) in [5, 5.41) is 11.9. The molecule has 0 aromatic heterocycles. The van der Waals surface area contributed by atoms with Crippen molar-refractivity contribution in [2.75, 3.05) is 18.2 Å². The maximum absolute atomic E-state index is 12.5. The van der Waals surface area contributed by atoms with Crippen molar-refractivity contribution in [2.45, 2.75) is 26.3 Å². The molecule has 1 aliphatic rings. The number of benzene rings is 1. The fraction of sp³-hybridized carbons (Fsp3) is 0.471. The highest BCUT2D eigenvalue weighted by atomic mass is 32.2. The largest absolute Gasteiger partial charge is 0.481 e. The molecule has 7 heteroatoms. The van der Waals surface area contributed by atoms with Crippen molar-refractivity contribution in [3.63, 3.8) is 0 Å². The van der Waals surface area contributed by atoms with E-state index in [0.29, 0.717) is 23.6 Å². The predicted octanol–water partition coefficient (Wildman–Crippen LogP) is 1.82. The monoisotopic (exact) mass is 350 g/mol. The summed E-state index contributed by atoms with van der Waals surface area (Å²) in [6.07, 6.45) is 0.334. The number of carboxylic acid groups (broad SMARTS) is 1. The van der Waals surface area contributed by atoms with Gasteiger partial charge in [0.05, 0.1) is 11.3 Å². The molecule has 1 saturated heterocycles. The molecule has 1 unspecified atom stereocenters.